The van der Waals surface area contributed by atoms with E-state index in [1.165, 1.54) is 30.5 Å². The number of fused-ring (bicyclic) bond motifs is 1. The first kappa shape index (κ1) is 27.7. The fraction of sp³-hybridized carbons (Fsp3) is 0.188. The van der Waals surface area contributed by atoms with Crippen molar-refractivity contribution in [2.45, 2.75) is 20.3 Å². The maximum atomic E-state index is 13.4. The fourth-order valence-corrected chi connectivity index (χ4v) is 4.45. The predicted molar refractivity (Wildman–Crippen MR) is 153 cm³/mol. The summed E-state index contributed by atoms with van der Waals surface area (Å²) in [5.41, 5.74) is 3.94. The summed E-state index contributed by atoms with van der Waals surface area (Å²) in [7, 11) is 1.61. The first-order chi connectivity index (χ1) is 19.8. The Morgan fingerprint density at radius 2 is 1.76 bits per heavy atom. The number of hydrogen-bond acceptors (Lipinski definition) is 7. The number of pyridine rings is 3. The number of carbonyl (C=O) groups is 1. The summed E-state index contributed by atoms with van der Waals surface area (Å²) in [6.07, 6.45) is 3.11. The number of rotatable bonds is 10. The zero-order valence-corrected chi connectivity index (χ0v) is 22.9. The van der Waals surface area contributed by atoms with Crippen molar-refractivity contribution in [3.05, 3.63) is 111 Å². The van der Waals surface area contributed by atoms with Crippen molar-refractivity contribution >= 4 is 16.8 Å². The van der Waals surface area contributed by atoms with E-state index in [-0.39, 0.29) is 17.8 Å². The van der Waals surface area contributed by atoms with Crippen LogP contribution in [0.3, 0.4) is 0 Å². The molecule has 5 aromatic rings. The second-order valence-electron chi connectivity index (χ2n) is 9.51. The Bertz CT molecular complexity index is 1770. The van der Waals surface area contributed by atoms with Crippen LogP contribution in [0.4, 0.5) is 4.39 Å². The van der Waals surface area contributed by atoms with Gasteiger partial charge in [-0.3, -0.25) is 14.6 Å². The van der Waals surface area contributed by atoms with Gasteiger partial charge in [0.2, 0.25) is 5.88 Å². The van der Waals surface area contributed by atoms with Gasteiger partial charge in [0.25, 0.3) is 0 Å². The molecule has 0 bridgehead atoms. The van der Waals surface area contributed by atoms with Crippen molar-refractivity contribution in [1.29, 1.82) is 0 Å². The molecule has 3 aromatic heterocycles. The average molecular weight is 554 g/mol. The van der Waals surface area contributed by atoms with Crippen molar-refractivity contribution in [3.8, 4) is 28.5 Å². The second-order valence-corrected chi connectivity index (χ2v) is 9.51. The van der Waals surface area contributed by atoms with Crippen LogP contribution in [-0.4, -0.2) is 41.1 Å². The van der Waals surface area contributed by atoms with E-state index in [2.05, 4.69) is 15.0 Å². The highest BCUT2D eigenvalue weighted by Crippen LogP contribution is 2.31. The van der Waals surface area contributed by atoms with Gasteiger partial charge in [-0.2, -0.15) is 0 Å². The smallest absolute Gasteiger partial charge is 0.217 e. The third kappa shape index (κ3) is 6.15. The number of Topliss-reactive ketones (excluding diaryl/α,β-unsaturated/α-hetero) is 1. The van der Waals surface area contributed by atoms with Crippen molar-refractivity contribution in [1.82, 2.24) is 15.0 Å². The molecule has 0 fully saturated rings. The molecule has 0 radical (unpaired) electrons. The van der Waals surface area contributed by atoms with Crippen LogP contribution >= 0.6 is 0 Å². The van der Waals surface area contributed by atoms with Crippen LogP contribution in [0.5, 0.6) is 17.4 Å². The number of aryl methyl sites for hydroxylation is 2. The van der Waals surface area contributed by atoms with Crippen LogP contribution in [0.1, 0.15) is 27.2 Å². The van der Waals surface area contributed by atoms with Crippen LogP contribution in [0.15, 0.2) is 77.9 Å². The molecule has 0 aliphatic carbocycles. The van der Waals surface area contributed by atoms with Crippen molar-refractivity contribution in [2.24, 2.45) is 0 Å². The van der Waals surface area contributed by atoms with E-state index in [1.54, 1.807) is 50.6 Å². The van der Waals surface area contributed by atoms with Gasteiger partial charge in [-0.05, 0) is 55.3 Å². The first-order valence-corrected chi connectivity index (χ1v) is 13.0. The lowest BCUT2D eigenvalue weighted by Gasteiger charge is -2.12. The predicted octanol–water partition coefficient (Wildman–Crippen LogP) is 5.98. The summed E-state index contributed by atoms with van der Waals surface area (Å²) in [6, 6.07) is 16.3. The lowest BCUT2D eigenvalue weighted by molar-refractivity contribution is 0.0991. The lowest BCUT2D eigenvalue weighted by atomic mass is 9.98. The number of H-pyrrole nitrogens is 1. The van der Waals surface area contributed by atoms with Gasteiger partial charge in [-0.25, -0.2) is 9.37 Å². The van der Waals surface area contributed by atoms with Crippen LogP contribution in [-0.2, 0) is 11.2 Å². The zero-order valence-electron chi connectivity index (χ0n) is 22.9. The third-order valence-corrected chi connectivity index (χ3v) is 6.57. The summed E-state index contributed by atoms with van der Waals surface area (Å²) >= 11 is 0. The number of aromatic nitrogens is 3. The fourth-order valence-electron chi connectivity index (χ4n) is 4.45. The number of halogens is 1. The minimum absolute atomic E-state index is 0.0243. The summed E-state index contributed by atoms with van der Waals surface area (Å²) in [5, 5.41) is 0. The van der Waals surface area contributed by atoms with E-state index < -0.39 is 11.2 Å². The number of carbonyl (C=O) groups excluding carboxylic acids is 1. The largest absolute Gasteiger partial charge is 0.475 e. The Morgan fingerprint density at radius 3 is 2.49 bits per heavy atom. The molecule has 41 heavy (non-hydrogen) atoms. The maximum absolute atomic E-state index is 13.4. The van der Waals surface area contributed by atoms with Gasteiger partial charge in [-0.15, -0.1) is 0 Å². The van der Waals surface area contributed by atoms with Crippen LogP contribution < -0.4 is 14.9 Å². The number of benzene rings is 2. The van der Waals surface area contributed by atoms with E-state index in [4.69, 9.17) is 14.2 Å². The Hall–Kier alpha value is -4.89. The van der Waals surface area contributed by atoms with Crippen molar-refractivity contribution in [3.63, 3.8) is 0 Å². The summed E-state index contributed by atoms with van der Waals surface area (Å²) in [6.45, 7) is 4.45. The van der Waals surface area contributed by atoms with Crippen molar-refractivity contribution in [2.75, 3.05) is 20.3 Å². The molecule has 9 heteroatoms. The van der Waals surface area contributed by atoms with Gasteiger partial charge in [0.15, 0.2) is 17.0 Å². The average Bonchev–Trinajstić information content (AvgIpc) is 2.96. The zero-order chi connectivity index (χ0) is 28.9. The Labute approximate surface area is 235 Å². The molecule has 0 saturated heterocycles. The normalized spacial score (nSPS) is 11.0. The molecular weight excluding hydrogens is 525 g/mol. The number of hydrogen-bond donors (Lipinski definition) is 1. The molecule has 208 valence electrons. The number of nitrogens with one attached hydrogen (secondary N) is 1. The molecule has 0 aliphatic heterocycles. The van der Waals surface area contributed by atoms with E-state index in [1.807, 2.05) is 13.0 Å². The van der Waals surface area contributed by atoms with Gasteiger partial charge in [-0.1, -0.05) is 24.3 Å². The van der Waals surface area contributed by atoms with Crippen LogP contribution in [0.25, 0.3) is 22.2 Å². The molecule has 0 unspecified atom stereocenters. The quantitative estimate of drug-likeness (QED) is 0.168. The molecule has 1 N–H and O–H groups in total. The van der Waals surface area contributed by atoms with Gasteiger partial charge in [0.05, 0.1) is 17.7 Å². The minimum Gasteiger partial charge on any atom is -0.475 e. The number of nitrogens with zero attached hydrogens (tertiary/aromatic N) is 2. The molecule has 2 aromatic carbocycles. The first-order valence-electron chi connectivity index (χ1n) is 13.0. The van der Waals surface area contributed by atoms with E-state index >= 15 is 0 Å². The number of aromatic amines is 1. The van der Waals surface area contributed by atoms with Gasteiger partial charge < -0.3 is 19.2 Å². The molecular formula is C32H28FN3O5. The van der Waals surface area contributed by atoms with E-state index in [0.29, 0.717) is 64.0 Å². The summed E-state index contributed by atoms with van der Waals surface area (Å²) in [4.78, 5) is 38.3. The highest BCUT2D eigenvalue weighted by molar-refractivity contribution is 5.98. The monoisotopic (exact) mass is 553 g/mol. The van der Waals surface area contributed by atoms with Crippen molar-refractivity contribution < 1.29 is 23.4 Å². The topological polar surface area (TPSA) is 103 Å². The lowest BCUT2D eigenvalue weighted by Crippen LogP contribution is -2.20. The van der Waals surface area contributed by atoms with Crippen LogP contribution in [0, 0.1) is 19.7 Å². The third-order valence-electron chi connectivity index (χ3n) is 6.57. The van der Waals surface area contributed by atoms with Crippen LogP contribution in [0.2, 0.25) is 0 Å². The van der Waals surface area contributed by atoms with E-state index in [0.717, 1.165) is 5.56 Å². The highest BCUT2D eigenvalue weighted by Gasteiger charge is 2.18. The maximum Gasteiger partial charge on any atom is 0.217 e. The second kappa shape index (κ2) is 12.1. The highest BCUT2D eigenvalue weighted by atomic mass is 19.1. The molecule has 0 atom stereocenters. The molecule has 8 nitrogen and oxygen atoms in total. The Kier molecular flexibility index (Phi) is 8.16. The minimum atomic E-state index is -0.400. The van der Waals surface area contributed by atoms with Gasteiger partial charge in [0, 0.05) is 48.8 Å². The Balaban J connectivity index is 1.33. The summed E-state index contributed by atoms with van der Waals surface area (Å²) in [5.74, 6) is 0.807. The Morgan fingerprint density at radius 1 is 1.00 bits per heavy atom. The molecule has 0 spiro atoms. The standard InChI is InChI=1S/C32H28FN3O5/c1-19-16-26-30(36-32(19)40-15-14-39-3)28(12-13-34-26)41-24-10-4-21(5-11-24)17-27(37)25-18-35-20(2)29(31(25)38)22-6-8-23(33)9-7-22/h4-13,16,18H,14-15,17H2,1-3H3,(H,35,38). The van der Waals surface area contributed by atoms with E-state index in [9.17, 15) is 14.0 Å². The number of ether oxygens (including phenoxy) is 3. The molecule has 3 heterocycles. The molecule has 0 saturated carbocycles. The number of ketones is 1. The molecule has 0 amide bonds. The summed E-state index contributed by atoms with van der Waals surface area (Å²) < 4.78 is 30.3. The number of methoxy groups -OCH3 is 1. The van der Waals surface area contributed by atoms with Gasteiger partial charge >= 0.3 is 0 Å². The SMILES string of the molecule is COCCOc1nc2c(Oc3ccc(CC(=O)c4c[nH]c(C)c(-c5ccc(F)cc5)c4=O)cc3)ccnc2cc1C. The molecule has 5 rings (SSSR count). The van der Waals surface area contributed by atoms with Gasteiger partial charge in [0.1, 0.15) is 23.7 Å². The molecule has 0 aliphatic rings.